The molecule has 2 rings (SSSR count). The van der Waals surface area contributed by atoms with Gasteiger partial charge in [0, 0.05) is 24.8 Å². The molecule has 0 saturated heterocycles. The lowest BCUT2D eigenvalue weighted by Crippen LogP contribution is -2.05. The zero-order valence-electron chi connectivity index (χ0n) is 6.94. The Kier molecular flexibility index (Phi) is 2.31. The van der Waals surface area contributed by atoms with Crippen LogP contribution in [0.2, 0.25) is 0 Å². The summed E-state index contributed by atoms with van der Waals surface area (Å²) in [5.41, 5.74) is 0.965. The number of rotatable bonds is 3. The number of alkyl halides is 1. The first-order valence-electron chi connectivity index (χ1n) is 4.00. The van der Waals surface area contributed by atoms with Gasteiger partial charge in [0.15, 0.2) is 5.82 Å². The fourth-order valence-corrected chi connectivity index (χ4v) is 1.25. The molecule has 2 heterocycles. The van der Waals surface area contributed by atoms with E-state index in [1.165, 1.54) is 0 Å². The van der Waals surface area contributed by atoms with Gasteiger partial charge in [0.05, 0.1) is 6.20 Å². The first kappa shape index (κ1) is 8.31. The Bertz CT molecular complexity index is 398. The van der Waals surface area contributed by atoms with Gasteiger partial charge in [0.25, 0.3) is 0 Å². The van der Waals surface area contributed by atoms with Gasteiger partial charge in [-0.2, -0.15) is 5.10 Å². The Morgan fingerprint density at radius 3 is 3.23 bits per heavy atom. The SMILES string of the molecule is ClCCNc1nccn2nccc12. The monoisotopic (exact) mass is 196 g/mol. The van der Waals surface area contributed by atoms with Crippen molar-refractivity contribution in [3.8, 4) is 0 Å². The number of hydrogen-bond donors (Lipinski definition) is 1. The summed E-state index contributed by atoms with van der Waals surface area (Å²) in [4.78, 5) is 4.19. The molecule has 0 aromatic carbocycles. The molecule has 0 aliphatic rings. The van der Waals surface area contributed by atoms with Gasteiger partial charge >= 0.3 is 0 Å². The quantitative estimate of drug-likeness (QED) is 0.755. The van der Waals surface area contributed by atoms with E-state index in [4.69, 9.17) is 11.6 Å². The van der Waals surface area contributed by atoms with E-state index in [-0.39, 0.29) is 0 Å². The Balaban J connectivity index is 2.37. The van der Waals surface area contributed by atoms with E-state index in [1.807, 2.05) is 6.07 Å². The molecule has 5 heteroatoms. The molecule has 0 fully saturated rings. The van der Waals surface area contributed by atoms with Crippen molar-refractivity contribution in [3.05, 3.63) is 24.7 Å². The second-order valence-corrected chi connectivity index (χ2v) is 2.93. The van der Waals surface area contributed by atoms with Crippen LogP contribution in [0.25, 0.3) is 5.52 Å². The largest absolute Gasteiger partial charge is 0.367 e. The highest BCUT2D eigenvalue weighted by Crippen LogP contribution is 2.11. The van der Waals surface area contributed by atoms with Crippen LogP contribution in [0.3, 0.4) is 0 Å². The molecule has 0 aliphatic heterocycles. The van der Waals surface area contributed by atoms with Crippen molar-refractivity contribution >= 4 is 22.9 Å². The third-order valence-corrected chi connectivity index (χ3v) is 1.90. The van der Waals surface area contributed by atoms with Crippen molar-refractivity contribution < 1.29 is 0 Å². The van der Waals surface area contributed by atoms with Gasteiger partial charge in [0.1, 0.15) is 5.52 Å². The number of hydrogen-bond acceptors (Lipinski definition) is 3. The highest BCUT2D eigenvalue weighted by atomic mass is 35.5. The molecule has 68 valence electrons. The van der Waals surface area contributed by atoms with Crippen LogP contribution >= 0.6 is 11.6 Å². The van der Waals surface area contributed by atoms with Gasteiger partial charge in [-0.3, -0.25) is 0 Å². The summed E-state index contributed by atoms with van der Waals surface area (Å²) >= 11 is 5.56. The Labute approximate surface area is 80.5 Å². The first-order chi connectivity index (χ1) is 6.42. The fraction of sp³-hybridized carbons (Fsp3) is 0.250. The van der Waals surface area contributed by atoms with E-state index in [0.717, 1.165) is 11.3 Å². The average Bonchev–Trinajstić information content (AvgIpc) is 2.62. The van der Waals surface area contributed by atoms with Crippen LogP contribution in [0.4, 0.5) is 5.82 Å². The molecule has 0 bridgehead atoms. The van der Waals surface area contributed by atoms with Crippen LogP contribution in [0, 0.1) is 0 Å². The van der Waals surface area contributed by atoms with Crippen molar-refractivity contribution in [1.82, 2.24) is 14.6 Å². The normalized spacial score (nSPS) is 10.5. The maximum atomic E-state index is 5.56. The summed E-state index contributed by atoms with van der Waals surface area (Å²) < 4.78 is 1.77. The average molecular weight is 197 g/mol. The van der Waals surface area contributed by atoms with Crippen LogP contribution in [0.5, 0.6) is 0 Å². The van der Waals surface area contributed by atoms with E-state index < -0.39 is 0 Å². The third-order valence-electron chi connectivity index (χ3n) is 1.71. The van der Waals surface area contributed by atoms with Crippen LogP contribution in [0.1, 0.15) is 0 Å². The minimum atomic E-state index is 0.566. The molecule has 13 heavy (non-hydrogen) atoms. The summed E-state index contributed by atoms with van der Waals surface area (Å²) in [6, 6.07) is 1.91. The molecule has 0 aliphatic carbocycles. The summed E-state index contributed by atoms with van der Waals surface area (Å²) in [6.07, 6.45) is 5.25. The summed E-state index contributed by atoms with van der Waals surface area (Å²) in [6.45, 7) is 0.708. The van der Waals surface area contributed by atoms with E-state index in [0.29, 0.717) is 12.4 Å². The van der Waals surface area contributed by atoms with Gasteiger partial charge in [-0.05, 0) is 6.07 Å². The van der Waals surface area contributed by atoms with Crippen molar-refractivity contribution in [3.63, 3.8) is 0 Å². The van der Waals surface area contributed by atoms with Crippen LogP contribution in [-0.2, 0) is 0 Å². The third kappa shape index (κ3) is 1.58. The molecule has 2 aromatic rings. The van der Waals surface area contributed by atoms with E-state index in [9.17, 15) is 0 Å². The number of nitrogens with one attached hydrogen (secondary N) is 1. The van der Waals surface area contributed by atoms with E-state index in [2.05, 4.69) is 15.4 Å². The molecule has 4 nitrogen and oxygen atoms in total. The van der Waals surface area contributed by atoms with Crippen LogP contribution < -0.4 is 5.32 Å². The van der Waals surface area contributed by atoms with Crippen molar-refractivity contribution in [1.29, 1.82) is 0 Å². The topological polar surface area (TPSA) is 42.2 Å². The van der Waals surface area contributed by atoms with Crippen molar-refractivity contribution in [2.24, 2.45) is 0 Å². The Morgan fingerprint density at radius 1 is 1.46 bits per heavy atom. The summed E-state index contributed by atoms with van der Waals surface area (Å²) in [7, 11) is 0. The fourth-order valence-electron chi connectivity index (χ4n) is 1.16. The summed E-state index contributed by atoms with van der Waals surface area (Å²) in [5.74, 6) is 1.39. The zero-order chi connectivity index (χ0) is 9.10. The molecule has 0 spiro atoms. The summed E-state index contributed by atoms with van der Waals surface area (Å²) in [5, 5.41) is 7.21. The second kappa shape index (κ2) is 3.62. The highest BCUT2D eigenvalue weighted by Gasteiger charge is 2.00. The highest BCUT2D eigenvalue weighted by molar-refractivity contribution is 6.18. The number of anilines is 1. The van der Waals surface area contributed by atoms with Crippen LogP contribution in [-0.4, -0.2) is 27.0 Å². The molecule has 0 atom stereocenters. The van der Waals surface area contributed by atoms with Gasteiger partial charge in [0.2, 0.25) is 0 Å². The zero-order valence-corrected chi connectivity index (χ0v) is 7.70. The molecule has 1 N–H and O–H groups in total. The lowest BCUT2D eigenvalue weighted by molar-refractivity contribution is 0.944. The number of nitrogens with zero attached hydrogens (tertiary/aromatic N) is 3. The predicted molar refractivity (Wildman–Crippen MR) is 52.2 cm³/mol. The van der Waals surface area contributed by atoms with Crippen molar-refractivity contribution in [2.45, 2.75) is 0 Å². The van der Waals surface area contributed by atoms with Gasteiger partial charge in [-0.15, -0.1) is 11.6 Å². The van der Waals surface area contributed by atoms with Gasteiger partial charge in [-0.1, -0.05) is 0 Å². The first-order valence-corrected chi connectivity index (χ1v) is 4.53. The predicted octanol–water partition coefficient (Wildman–Crippen LogP) is 1.38. The smallest absolute Gasteiger partial charge is 0.152 e. The lowest BCUT2D eigenvalue weighted by Gasteiger charge is -2.03. The minimum Gasteiger partial charge on any atom is -0.367 e. The lowest BCUT2D eigenvalue weighted by atomic mass is 10.4. The van der Waals surface area contributed by atoms with Crippen molar-refractivity contribution in [2.75, 3.05) is 17.7 Å². The van der Waals surface area contributed by atoms with E-state index in [1.54, 1.807) is 23.1 Å². The molecule has 0 saturated carbocycles. The second-order valence-electron chi connectivity index (χ2n) is 2.55. The maximum Gasteiger partial charge on any atom is 0.152 e. The standard InChI is InChI=1S/C8H9ClN4/c9-2-4-10-8-7-1-3-12-13(7)6-5-11-8/h1,3,5-6H,2,4H2,(H,10,11). The molecule has 0 unspecified atom stereocenters. The molecule has 0 amide bonds. The molecule has 0 radical (unpaired) electrons. The van der Waals surface area contributed by atoms with E-state index >= 15 is 0 Å². The molecule has 2 aromatic heterocycles. The Hall–Kier alpha value is -1.29. The number of halogens is 1. The van der Waals surface area contributed by atoms with Gasteiger partial charge in [-0.25, -0.2) is 9.50 Å². The number of aromatic nitrogens is 3. The molecular formula is C8H9ClN4. The maximum absolute atomic E-state index is 5.56. The minimum absolute atomic E-state index is 0.566. The van der Waals surface area contributed by atoms with Gasteiger partial charge < -0.3 is 5.32 Å². The van der Waals surface area contributed by atoms with Crippen LogP contribution in [0.15, 0.2) is 24.7 Å². The molecular weight excluding hydrogens is 188 g/mol. The Morgan fingerprint density at radius 2 is 2.38 bits per heavy atom. The number of fused-ring (bicyclic) bond motifs is 1.